The van der Waals surface area contributed by atoms with Crippen molar-refractivity contribution in [3.8, 4) is 5.75 Å². The number of nitrogens with zero attached hydrogens (tertiary/aromatic N) is 3. The highest BCUT2D eigenvalue weighted by molar-refractivity contribution is 9.10. The van der Waals surface area contributed by atoms with Crippen molar-refractivity contribution in [1.82, 2.24) is 9.13 Å². The lowest BCUT2D eigenvalue weighted by Gasteiger charge is -2.26. The molecule has 9 heteroatoms. The minimum absolute atomic E-state index is 0.184. The van der Waals surface area contributed by atoms with Crippen LogP contribution in [0.1, 0.15) is 35.2 Å². The van der Waals surface area contributed by atoms with Crippen molar-refractivity contribution in [2.45, 2.75) is 19.5 Å². The third kappa shape index (κ3) is 5.88. The molecule has 0 saturated carbocycles. The van der Waals surface area contributed by atoms with Crippen LogP contribution >= 0.6 is 27.3 Å². The highest BCUT2D eigenvalue weighted by atomic mass is 79.9. The molecule has 0 radical (unpaired) electrons. The standard InChI is InChI=1S/C38H30BrN3O4S/c1-3-46-37(44)33-34(25-10-5-4-6-11-25)40-38-42(35(33)26-12-9-13-29(20-26)45-2)36(43)32(47-38)21-27-23-41(31-15-8-7-14-30(27)31)22-24-16-18-28(39)19-17-24/h4-21,23,35H,3,22H2,1-2H3/b32-21+/t35-/m1/s1. The van der Waals surface area contributed by atoms with Gasteiger partial charge in [0.1, 0.15) is 5.75 Å². The molecule has 0 bridgehead atoms. The van der Waals surface area contributed by atoms with Crippen LogP contribution in [0.3, 0.4) is 0 Å². The van der Waals surface area contributed by atoms with E-state index in [1.54, 1.807) is 18.6 Å². The molecule has 3 heterocycles. The molecular formula is C38H30BrN3O4S. The van der Waals surface area contributed by atoms with Gasteiger partial charge in [0, 0.05) is 39.2 Å². The third-order valence-corrected chi connectivity index (χ3v) is 9.67. The van der Waals surface area contributed by atoms with E-state index < -0.39 is 12.0 Å². The Hall–Kier alpha value is -4.99. The second-order valence-corrected chi connectivity index (χ2v) is 13.0. The molecule has 0 saturated heterocycles. The van der Waals surface area contributed by atoms with Gasteiger partial charge in [-0.25, -0.2) is 9.79 Å². The number of hydrogen-bond donors (Lipinski definition) is 0. The number of esters is 1. The largest absolute Gasteiger partial charge is 0.497 e. The van der Waals surface area contributed by atoms with E-state index in [0.29, 0.717) is 32.9 Å². The Bertz CT molecular complexity index is 2340. The summed E-state index contributed by atoms with van der Waals surface area (Å²) >= 11 is 4.83. The molecule has 1 aliphatic rings. The van der Waals surface area contributed by atoms with Gasteiger partial charge in [0.2, 0.25) is 0 Å². The maximum atomic E-state index is 14.5. The summed E-state index contributed by atoms with van der Waals surface area (Å²) in [4.78, 5) is 33.7. The zero-order valence-electron chi connectivity index (χ0n) is 25.7. The van der Waals surface area contributed by atoms with E-state index in [9.17, 15) is 9.59 Å². The molecule has 47 heavy (non-hydrogen) atoms. The van der Waals surface area contributed by atoms with Gasteiger partial charge in [-0.2, -0.15) is 0 Å². The van der Waals surface area contributed by atoms with Crippen LogP contribution in [-0.4, -0.2) is 28.8 Å². The normalized spacial score (nSPS) is 14.6. The Balaban J connectivity index is 1.45. The van der Waals surface area contributed by atoms with Gasteiger partial charge in [-0.05, 0) is 54.5 Å². The number of rotatable bonds is 8. The number of aromatic nitrogens is 2. The van der Waals surface area contributed by atoms with Crippen LogP contribution in [0.15, 0.2) is 129 Å². The fourth-order valence-electron chi connectivity index (χ4n) is 6.02. The molecule has 0 spiro atoms. The molecule has 0 amide bonds. The number of hydrogen-bond acceptors (Lipinski definition) is 6. The van der Waals surface area contributed by atoms with Crippen molar-refractivity contribution < 1.29 is 14.3 Å². The van der Waals surface area contributed by atoms with E-state index in [4.69, 9.17) is 14.5 Å². The Morgan fingerprint density at radius 2 is 1.74 bits per heavy atom. The highest BCUT2D eigenvalue weighted by Crippen LogP contribution is 2.36. The lowest BCUT2D eigenvalue weighted by molar-refractivity contribution is -0.138. The molecule has 2 aromatic heterocycles. The van der Waals surface area contributed by atoms with Crippen molar-refractivity contribution in [3.63, 3.8) is 0 Å². The molecule has 7 rings (SSSR count). The van der Waals surface area contributed by atoms with Gasteiger partial charge in [-0.15, -0.1) is 0 Å². The number of carbonyl (C=O) groups is 1. The average molecular weight is 705 g/mol. The molecule has 234 valence electrons. The molecule has 0 aliphatic carbocycles. The van der Waals surface area contributed by atoms with Crippen molar-refractivity contribution in [2.75, 3.05) is 13.7 Å². The summed E-state index contributed by atoms with van der Waals surface area (Å²) in [6, 6.07) is 32.7. The molecule has 1 atom stereocenters. The first-order valence-electron chi connectivity index (χ1n) is 15.2. The van der Waals surface area contributed by atoms with Crippen LogP contribution in [0.5, 0.6) is 5.75 Å². The Labute approximate surface area is 283 Å². The lowest BCUT2D eigenvalue weighted by atomic mass is 9.93. The van der Waals surface area contributed by atoms with Gasteiger partial charge in [0.15, 0.2) is 4.80 Å². The van der Waals surface area contributed by atoms with Crippen LogP contribution in [0, 0.1) is 0 Å². The Morgan fingerprint density at radius 3 is 2.51 bits per heavy atom. The minimum Gasteiger partial charge on any atom is -0.497 e. The number of para-hydroxylation sites is 1. The zero-order chi connectivity index (χ0) is 32.5. The molecular weight excluding hydrogens is 674 g/mol. The van der Waals surface area contributed by atoms with Crippen LogP contribution in [0.2, 0.25) is 0 Å². The number of fused-ring (bicyclic) bond motifs is 2. The summed E-state index contributed by atoms with van der Waals surface area (Å²) in [5, 5.41) is 1.04. The molecule has 4 aromatic carbocycles. The van der Waals surface area contributed by atoms with Gasteiger partial charge in [-0.3, -0.25) is 9.36 Å². The number of thiazole rings is 1. The number of ether oxygens (including phenoxy) is 2. The fourth-order valence-corrected chi connectivity index (χ4v) is 7.27. The highest BCUT2D eigenvalue weighted by Gasteiger charge is 2.35. The average Bonchev–Trinajstić information content (AvgIpc) is 3.61. The number of benzene rings is 4. The van der Waals surface area contributed by atoms with E-state index in [1.807, 2.05) is 84.9 Å². The predicted molar refractivity (Wildman–Crippen MR) is 189 cm³/mol. The molecule has 7 nitrogen and oxygen atoms in total. The van der Waals surface area contributed by atoms with Crippen LogP contribution in [-0.2, 0) is 16.1 Å². The quantitative estimate of drug-likeness (QED) is 0.165. The number of methoxy groups -OCH3 is 1. The summed E-state index contributed by atoms with van der Waals surface area (Å²) in [7, 11) is 1.59. The van der Waals surface area contributed by atoms with Crippen molar-refractivity contribution in [3.05, 3.63) is 161 Å². The van der Waals surface area contributed by atoms with Gasteiger partial charge in [-0.1, -0.05) is 100 Å². The molecule has 1 aliphatic heterocycles. The first kappa shape index (κ1) is 30.7. The molecule has 0 unspecified atom stereocenters. The first-order chi connectivity index (χ1) is 22.9. The van der Waals surface area contributed by atoms with Crippen molar-refractivity contribution in [2.24, 2.45) is 4.99 Å². The fraction of sp³-hybridized carbons (Fsp3) is 0.132. The summed E-state index contributed by atoms with van der Waals surface area (Å²) in [5.74, 6) is 0.0953. The Kier molecular flexibility index (Phi) is 8.49. The topological polar surface area (TPSA) is 74.8 Å². The maximum absolute atomic E-state index is 14.5. The predicted octanol–water partition coefficient (Wildman–Crippen LogP) is 6.71. The summed E-state index contributed by atoms with van der Waals surface area (Å²) < 4.78 is 16.5. The summed E-state index contributed by atoms with van der Waals surface area (Å²) in [5.41, 5.74) is 5.19. The maximum Gasteiger partial charge on any atom is 0.338 e. The van der Waals surface area contributed by atoms with Crippen LogP contribution in [0.4, 0.5) is 0 Å². The second-order valence-electron chi connectivity index (χ2n) is 11.1. The van der Waals surface area contributed by atoms with Gasteiger partial charge >= 0.3 is 5.97 Å². The molecule has 6 aromatic rings. The van der Waals surface area contributed by atoms with E-state index in [-0.39, 0.29) is 12.2 Å². The molecule has 0 fully saturated rings. The van der Waals surface area contributed by atoms with E-state index in [2.05, 4.69) is 51.0 Å². The number of carbonyl (C=O) groups excluding carboxylic acids is 1. The van der Waals surface area contributed by atoms with Crippen LogP contribution in [0.25, 0.3) is 22.7 Å². The van der Waals surface area contributed by atoms with Crippen molar-refractivity contribution >= 4 is 55.9 Å². The first-order valence-corrected chi connectivity index (χ1v) is 16.8. The Morgan fingerprint density at radius 1 is 0.979 bits per heavy atom. The van der Waals surface area contributed by atoms with Crippen LogP contribution < -0.4 is 19.6 Å². The molecule has 0 N–H and O–H groups in total. The van der Waals surface area contributed by atoms with Gasteiger partial charge < -0.3 is 14.0 Å². The van der Waals surface area contributed by atoms with Gasteiger partial charge in [0.25, 0.3) is 5.56 Å². The lowest BCUT2D eigenvalue weighted by Crippen LogP contribution is -2.40. The monoisotopic (exact) mass is 703 g/mol. The van der Waals surface area contributed by atoms with E-state index in [0.717, 1.165) is 37.6 Å². The summed E-state index contributed by atoms with van der Waals surface area (Å²) in [6.07, 6.45) is 4.02. The summed E-state index contributed by atoms with van der Waals surface area (Å²) in [6.45, 7) is 2.63. The van der Waals surface area contributed by atoms with Crippen molar-refractivity contribution in [1.29, 1.82) is 0 Å². The van der Waals surface area contributed by atoms with E-state index in [1.165, 1.54) is 11.3 Å². The van der Waals surface area contributed by atoms with E-state index >= 15 is 0 Å². The van der Waals surface area contributed by atoms with Gasteiger partial charge in [0.05, 0.1) is 35.6 Å². The number of halogens is 1. The smallest absolute Gasteiger partial charge is 0.338 e. The zero-order valence-corrected chi connectivity index (χ0v) is 28.1. The SMILES string of the molecule is CCOC(=O)C1=C(c2ccccc2)N=c2s/c(=C/c3cn(Cc4ccc(Br)cc4)c4ccccc34)c(=O)n2[C@@H]1c1cccc(OC)c1. The third-order valence-electron chi connectivity index (χ3n) is 8.16. The minimum atomic E-state index is -0.781. The second kappa shape index (κ2) is 13.0.